The molecule has 0 atom stereocenters. The van der Waals surface area contributed by atoms with E-state index in [-0.39, 0.29) is 0 Å². The number of hydrogen-bond acceptors (Lipinski definition) is 4. The van der Waals surface area contributed by atoms with Crippen LogP contribution >= 0.6 is 0 Å². The predicted molar refractivity (Wildman–Crippen MR) is 269 cm³/mol. The SMILES string of the molecule is c1ccc(-c2nc3ccc(-c4ccc(-c5nc(-c6ccc7ccccc7c6)nc(-c6ccc7ccccc7c6)n5)cc4)cc3c3ccc4c(c5ccccc5n4-c4ccccc4)c23)cc1. The molecule has 0 bridgehead atoms. The molecule has 0 aliphatic heterocycles. The van der Waals surface area contributed by atoms with Gasteiger partial charge in [0.05, 0.1) is 22.2 Å². The minimum Gasteiger partial charge on any atom is -0.309 e. The number of para-hydroxylation sites is 2. The van der Waals surface area contributed by atoms with Crippen molar-refractivity contribution in [2.45, 2.75) is 0 Å². The maximum atomic E-state index is 5.47. The van der Waals surface area contributed by atoms with E-state index in [0.29, 0.717) is 17.5 Å². The molecule has 0 saturated carbocycles. The van der Waals surface area contributed by atoms with Crippen molar-refractivity contribution >= 4 is 65.0 Å². The highest BCUT2D eigenvalue weighted by Crippen LogP contribution is 2.43. The van der Waals surface area contributed by atoms with E-state index in [1.54, 1.807) is 0 Å². The second kappa shape index (κ2) is 14.9. The van der Waals surface area contributed by atoms with Gasteiger partial charge in [0.2, 0.25) is 0 Å². The van der Waals surface area contributed by atoms with E-state index in [1.165, 1.54) is 32.4 Å². The highest BCUT2D eigenvalue weighted by Gasteiger charge is 2.21. The molecule has 0 amide bonds. The van der Waals surface area contributed by atoms with Crippen LogP contribution in [-0.4, -0.2) is 24.5 Å². The highest BCUT2D eigenvalue weighted by molar-refractivity contribution is 6.28. The van der Waals surface area contributed by atoms with E-state index in [4.69, 9.17) is 19.9 Å². The smallest absolute Gasteiger partial charge is 0.164 e. The minimum atomic E-state index is 0.624. The van der Waals surface area contributed by atoms with Crippen LogP contribution in [0.1, 0.15) is 0 Å². The Labute approximate surface area is 374 Å². The normalized spacial score (nSPS) is 11.7. The van der Waals surface area contributed by atoms with Crippen LogP contribution in [0.3, 0.4) is 0 Å². The molecular formula is C60H37N5. The Morgan fingerprint density at radius 1 is 0.277 bits per heavy atom. The summed E-state index contributed by atoms with van der Waals surface area (Å²) in [7, 11) is 0. The van der Waals surface area contributed by atoms with Crippen LogP contribution in [0.2, 0.25) is 0 Å². The average Bonchev–Trinajstić information content (AvgIpc) is 3.73. The first-order chi connectivity index (χ1) is 32.2. The lowest BCUT2D eigenvalue weighted by molar-refractivity contribution is 1.08. The molecule has 302 valence electrons. The summed E-state index contributed by atoms with van der Waals surface area (Å²) in [6, 6.07) is 79.3. The first-order valence-corrected chi connectivity index (χ1v) is 22.0. The quantitative estimate of drug-likeness (QED) is 0.157. The van der Waals surface area contributed by atoms with E-state index < -0.39 is 0 Å². The summed E-state index contributed by atoms with van der Waals surface area (Å²) in [5, 5.41) is 10.5. The Balaban J connectivity index is 0.958. The fourth-order valence-electron chi connectivity index (χ4n) is 9.63. The number of pyridine rings is 1. The van der Waals surface area contributed by atoms with Crippen molar-refractivity contribution in [2.75, 3.05) is 0 Å². The molecule has 0 saturated heterocycles. The van der Waals surface area contributed by atoms with Gasteiger partial charge in [0.15, 0.2) is 17.5 Å². The highest BCUT2D eigenvalue weighted by atomic mass is 15.0. The maximum Gasteiger partial charge on any atom is 0.164 e. The molecule has 0 radical (unpaired) electrons. The third-order valence-electron chi connectivity index (χ3n) is 12.8. The molecule has 3 aromatic heterocycles. The first kappa shape index (κ1) is 36.8. The molecule has 5 heteroatoms. The minimum absolute atomic E-state index is 0.624. The monoisotopic (exact) mass is 827 g/mol. The predicted octanol–water partition coefficient (Wildman–Crippen LogP) is 15.3. The first-order valence-electron chi connectivity index (χ1n) is 22.0. The molecule has 13 aromatic rings. The molecule has 0 aliphatic rings. The summed E-state index contributed by atoms with van der Waals surface area (Å²) < 4.78 is 2.38. The fraction of sp³-hybridized carbons (Fsp3) is 0. The van der Waals surface area contributed by atoms with E-state index in [9.17, 15) is 0 Å². The number of aromatic nitrogens is 5. The molecule has 10 aromatic carbocycles. The average molecular weight is 828 g/mol. The summed E-state index contributed by atoms with van der Waals surface area (Å²) in [5.74, 6) is 1.90. The van der Waals surface area contributed by atoms with Crippen LogP contribution in [0.15, 0.2) is 224 Å². The largest absolute Gasteiger partial charge is 0.309 e. The fourth-order valence-corrected chi connectivity index (χ4v) is 9.63. The molecule has 0 fully saturated rings. The van der Waals surface area contributed by atoms with Crippen molar-refractivity contribution in [1.29, 1.82) is 0 Å². The van der Waals surface area contributed by atoms with Crippen LogP contribution in [0.5, 0.6) is 0 Å². The number of benzene rings is 10. The van der Waals surface area contributed by atoms with Gasteiger partial charge in [0.1, 0.15) is 0 Å². The van der Waals surface area contributed by atoms with Gasteiger partial charge in [0.25, 0.3) is 0 Å². The molecule has 3 heterocycles. The second-order valence-corrected chi connectivity index (χ2v) is 16.6. The van der Waals surface area contributed by atoms with Crippen molar-refractivity contribution < 1.29 is 0 Å². The van der Waals surface area contributed by atoms with Crippen LogP contribution in [0, 0.1) is 0 Å². The zero-order valence-electron chi connectivity index (χ0n) is 35.1. The lowest BCUT2D eigenvalue weighted by atomic mass is 9.94. The summed E-state index contributed by atoms with van der Waals surface area (Å²) in [6.45, 7) is 0. The van der Waals surface area contributed by atoms with E-state index in [0.717, 1.165) is 77.3 Å². The zero-order chi connectivity index (χ0) is 42.8. The van der Waals surface area contributed by atoms with E-state index >= 15 is 0 Å². The van der Waals surface area contributed by atoms with Crippen molar-refractivity contribution in [3.63, 3.8) is 0 Å². The van der Waals surface area contributed by atoms with Crippen LogP contribution < -0.4 is 0 Å². The van der Waals surface area contributed by atoms with Gasteiger partial charge in [-0.3, -0.25) is 0 Å². The Kier molecular flexibility index (Phi) is 8.46. The van der Waals surface area contributed by atoms with Gasteiger partial charge in [-0.15, -0.1) is 0 Å². The third-order valence-corrected chi connectivity index (χ3v) is 12.8. The summed E-state index contributed by atoms with van der Waals surface area (Å²) in [5.41, 5.74) is 11.5. The number of rotatable bonds is 6. The Hall–Kier alpha value is -8.80. The summed E-state index contributed by atoms with van der Waals surface area (Å²) >= 11 is 0. The third kappa shape index (κ3) is 6.24. The van der Waals surface area contributed by atoms with Crippen molar-refractivity contribution in [3.8, 4) is 62.2 Å². The Morgan fingerprint density at radius 2 is 0.815 bits per heavy atom. The molecule has 0 N–H and O–H groups in total. The van der Waals surface area contributed by atoms with Crippen LogP contribution in [-0.2, 0) is 0 Å². The molecular weight excluding hydrogens is 791 g/mol. The Bertz CT molecular complexity index is 3890. The van der Waals surface area contributed by atoms with Crippen LogP contribution in [0.25, 0.3) is 127 Å². The summed E-state index contributed by atoms with van der Waals surface area (Å²) in [4.78, 5) is 20.8. The summed E-state index contributed by atoms with van der Waals surface area (Å²) in [6.07, 6.45) is 0. The van der Waals surface area contributed by atoms with E-state index in [1.807, 2.05) is 0 Å². The van der Waals surface area contributed by atoms with Gasteiger partial charge in [-0.2, -0.15) is 0 Å². The molecule has 5 nitrogen and oxygen atoms in total. The zero-order valence-corrected chi connectivity index (χ0v) is 35.1. The van der Waals surface area contributed by atoms with Gasteiger partial charge in [-0.25, -0.2) is 19.9 Å². The van der Waals surface area contributed by atoms with Gasteiger partial charge in [-0.05, 0) is 86.6 Å². The lowest BCUT2D eigenvalue weighted by Crippen LogP contribution is -2.00. The van der Waals surface area contributed by atoms with Crippen molar-refractivity contribution in [3.05, 3.63) is 224 Å². The number of hydrogen-bond donors (Lipinski definition) is 0. The van der Waals surface area contributed by atoms with Gasteiger partial charge in [0, 0.05) is 49.5 Å². The van der Waals surface area contributed by atoms with Crippen molar-refractivity contribution in [1.82, 2.24) is 24.5 Å². The van der Waals surface area contributed by atoms with Gasteiger partial charge < -0.3 is 4.57 Å². The standard InChI is InChI=1S/C60H37N5/c1-3-15-41(16-4-1)57-56-49(32-34-54-55(56)50-21-11-12-22-53(50)65(54)48-19-5-2-6-20-48)51-37-45(31-33-52(51)61-57)40-23-27-42(28-24-40)58-62-59(46-29-25-38-13-7-9-17-43(38)35-46)64-60(63-58)47-30-26-39-14-8-10-18-44(39)36-47/h1-37H. The topological polar surface area (TPSA) is 56.5 Å². The molecule has 13 rings (SSSR count). The maximum absolute atomic E-state index is 5.47. The van der Waals surface area contributed by atoms with Crippen LogP contribution in [0.4, 0.5) is 0 Å². The molecule has 65 heavy (non-hydrogen) atoms. The van der Waals surface area contributed by atoms with Gasteiger partial charge >= 0.3 is 0 Å². The number of nitrogens with zero attached hydrogens (tertiary/aromatic N) is 5. The molecule has 0 spiro atoms. The number of fused-ring (bicyclic) bond motifs is 9. The van der Waals surface area contributed by atoms with Crippen molar-refractivity contribution in [2.24, 2.45) is 0 Å². The molecule has 0 unspecified atom stereocenters. The Morgan fingerprint density at radius 3 is 1.49 bits per heavy atom. The van der Waals surface area contributed by atoms with E-state index in [2.05, 4.69) is 229 Å². The second-order valence-electron chi connectivity index (χ2n) is 16.6. The lowest BCUT2D eigenvalue weighted by Gasteiger charge is -2.14. The molecule has 0 aliphatic carbocycles. The van der Waals surface area contributed by atoms with Gasteiger partial charge in [-0.1, -0.05) is 176 Å².